The molecule has 92 valence electrons. The molecule has 0 aromatic carbocycles. The fourth-order valence-corrected chi connectivity index (χ4v) is 3.55. The van der Waals surface area contributed by atoms with Crippen LogP contribution < -0.4 is 11.1 Å². The Morgan fingerprint density at radius 3 is 2.69 bits per heavy atom. The Morgan fingerprint density at radius 2 is 2.19 bits per heavy atom. The van der Waals surface area contributed by atoms with Crippen molar-refractivity contribution in [2.75, 3.05) is 12.3 Å². The predicted octanol–water partition coefficient (Wildman–Crippen LogP) is 1.52. The molecule has 3 nitrogen and oxygen atoms in total. The van der Waals surface area contributed by atoms with Crippen LogP contribution >= 0.6 is 11.8 Å². The number of hydrogen-bond donors (Lipinski definition) is 2. The van der Waals surface area contributed by atoms with E-state index in [-0.39, 0.29) is 16.7 Å². The number of hydrogen-bond acceptors (Lipinski definition) is 3. The van der Waals surface area contributed by atoms with E-state index >= 15 is 0 Å². The molecular weight excluding hydrogens is 220 g/mol. The van der Waals surface area contributed by atoms with E-state index in [4.69, 9.17) is 5.73 Å². The lowest BCUT2D eigenvalue weighted by Crippen LogP contribution is -2.55. The molecule has 0 bridgehead atoms. The average Bonchev–Trinajstić information content (AvgIpc) is 3.14. The van der Waals surface area contributed by atoms with Crippen molar-refractivity contribution in [2.24, 2.45) is 11.7 Å². The molecule has 1 saturated carbocycles. The maximum atomic E-state index is 12.1. The summed E-state index contributed by atoms with van der Waals surface area (Å²) in [5.74, 6) is 1.94. The van der Waals surface area contributed by atoms with Crippen LogP contribution in [0.1, 0.15) is 39.0 Å². The van der Waals surface area contributed by atoms with Crippen LogP contribution in [0.15, 0.2) is 0 Å². The van der Waals surface area contributed by atoms with Crippen molar-refractivity contribution >= 4 is 17.7 Å². The van der Waals surface area contributed by atoms with Crippen LogP contribution in [0, 0.1) is 5.92 Å². The molecule has 0 aromatic rings. The summed E-state index contributed by atoms with van der Waals surface area (Å²) in [4.78, 5) is 12.1. The van der Waals surface area contributed by atoms with Gasteiger partial charge in [-0.2, -0.15) is 0 Å². The van der Waals surface area contributed by atoms with Gasteiger partial charge in [0.15, 0.2) is 0 Å². The molecule has 2 atom stereocenters. The van der Waals surface area contributed by atoms with E-state index in [1.165, 1.54) is 25.7 Å². The summed E-state index contributed by atoms with van der Waals surface area (Å²) in [5, 5.41) is 3.36. The zero-order chi connectivity index (χ0) is 11.6. The SMILES string of the molecule is CC(CN)(NC(=O)C1CCCCS1)C1CC1. The largest absolute Gasteiger partial charge is 0.348 e. The molecule has 1 amide bonds. The van der Waals surface area contributed by atoms with E-state index in [0.717, 1.165) is 12.2 Å². The molecule has 4 heteroatoms. The second-order valence-corrected chi connectivity index (χ2v) is 6.55. The highest BCUT2D eigenvalue weighted by Gasteiger charge is 2.42. The van der Waals surface area contributed by atoms with Gasteiger partial charge in [0.2, 0.25) is 5.91 Å². The summed E-state index contributed by atoms with van der Waals surface area (Å²) >= 11 is 1.80. The Balaban J connectivity index is 1.89. The molecular formula is C12H22N2OS. The molecule has 3 N–H and O–H groups in total. The molecule has 0 aromatic heterocycles. The fourth-order valence-electron chi connectivity index (χ4n) is 2.35. The minimum absolute atomic E-state index is 0.158. The molecule has 2 rings (SSSR count). The van der Waals surface area contributed by atoms with Gasteiger partial charge in [-0.15, -0.1) is 11.8 Å². The van der Waals surface area contributed by atoms with Crippen LogP contribution in [0.4, 0.5) is 0 Å². The van der Waals surface area contributed by atoms with Crippen LogP contribution in [-0.2, 0) is 4.79 Å². The Hall–Kier alpha value is -0.220. The van der Waals surface area contributed by atoms with Gasteiger partial charge >= 0.3 is 0 Å². The van der Waals surface area contributed by atoms with Gasteiger partial charge in [0.25, 0.3) is 0 Å². The minimum Gasteiger partial charge on any atom is -0.348 e. The number of carbonyl (C=O) groups excluding carboxylic acids is 1. The van der Waals surface area contributed by atoms with E-state index in [9.17, 15) is 4.79 Å². The molecule has 2 unspecified atom stereocenters. The van der Waals surface area contributed by atoms with Gasteiger partial charge in [-0.05, 0) is 44.3 Å². The molecule has 2 aliphatic rings. The summed E-state index contributed by atoms with van der Waals surface area (Å²) in [6, 6.07) is 0. The molecule has 16 heavy (non-hydrogen) atoms. The lowest BCUT2D eigenvalue weighted by Gasteiger charge is -2.32. The Morgan fingerprint density at radius 1 is 1.44 bits per heavy atom. The summed E-state index contributed by atoms with van der Waals surface area (Å²) in [6.45, 7) is 2.65. The normalized spacial score (nSPS) is 29.5. The molecule has 2 fully saturated rings. The summed E-state index contributed by atoms with van der Waals surface area (Å²) < 4.78 is 0. The van der Waals surface area contributed by atoms with Crippen LogP contribution in [0.25, 0.3) is 0 Å². The van der Waals surface area contributed by atoms with Crippen molar-refractivity contribution in [1.29, 1.82) is 0 Å². The third-order valence-electron chi connectivity index (χ3n) is 3.78. The van der Waals surface area contributed by atoms with Gasteiger partial charge < -0.3 is 11.1 Å². The fraction of sp³-hybridized carbons (Fsp3) is 0.917. The van der Waals surface area contributed by atoms with Crippen LogP contribution in [-0.4, -0.2) is 29.0 Å². The highest BCUT2D eigenvalue weighted by atomic mass is 32.2. The van der Waals surface area contributed by atoms with E-state index in [0.29, 0.717) is 12.5 Å². The van der Waals surface area contributed by atoms with Crippen molar-refractivity contribution in [1.82, 2.24) is 5.32 Å². The van der Waals surface area contributed by atoms with E-state index in [2.05, 4.69) is 12.2 Å². The zero-order valence-electron chi connectivity index (χ0n) is 10.00. The van der Waals surface area contributed by atoms with Crippen molar-refractivity contribution in [3.8, 4) is 0 Å². The lowest BCUT2D eigenvalue weighted by molar-refractivity contribution is -0.122. The third-order valence-corrected chi connectivity index (χ3v) is 5.16. The number of rotatable bonds is 4. The Kier molecular flexibility index (Phi) is 3.80. The number of nitrogens with two attached hydrogens (primary N) is 1. The Labute approximate surface area is 102 Å². The summed E-state index contributed by atoms with van der Waals surface area (Å²) in [7, 11) is 0. The lowest BCUT2D eigenvalue weighted by atomic mass is 9.95. The monoisotopic (exact) mass is 242 g/mol. The first-order valence-corrected chi connectivity index (χ1v) is 7.34. The minimum atomic E-state index is -0.158. The third kappa shape index (κ3) is 2.72. The molecule has 0 radical (unpaired) electrons. The van der Waals surface area contributed by atoms with Crippen molar-refractivity contribution in [3.63, 3.8) is 0 Å². The van der Waals surface area contributed by atoms with E-state index in [1.54, 1.807) is 11.8 Å². The molecule has 0 spiro atoms. The summed E-state index contributed by atoms with van der Waals surface area (Å²) in [5.41, 5.74) is 5.65. The highest BCUT2D eigenvalue weighted by Crippen LogP contribution is 2.39. The predicted molar refractivity (Wildman–Crippen MR) is 68.4 cm³/mol. The van der Waals surface area contributed by atoms with Crippen molar-refractivity contribution in [3.05, 3.63) is 0 Å². The van der Waals surface area contributed by atoms with E-state index < -0.39 is 0 Å². The first-order chi connectivity index (χ1) is 7.65. The first kappa shape index (κ1) is 12.2. The number of thioether (sulfide) groups is 1. The second-order valence-electron chi connectivity index (χ2n) is 5.24. The molecule has 1 heterocycles. The van der Waals surface area contributed by atoms with Gasteiger partial charge in [-0.25, -0.2) is 0 Å². The van der Waals surface area contributed by atoms with Gasteiger partial charge in [-0.1, -0.05) is 6.42 Å². The average molecular weight is 242 g/mol. The van der Waals surface area contributed by atoms with Crippen LogP contribution in [0.5, 0.6) is 0 Å². The van der Waals surface area contributed by atoms with Gasteiger partial charge in [-0.3, -0.25) is 4.79 Å². The van der Waals surface area contributed by atoms with Gasteiger partial charge in [0.1, 0.15) is 0 Å². The smallest absolute Gasteiger partial charge is 0.233 e. The highest BCUT2D eigenvalue weighted by molar-refractivity contribution is 8.00. The number of amides is 1. The molecule has 1 aliphatic heterocycles. The molecule has 1 saturated heterocycles. The topological polar surface area (TPSA) is 55.1 Å². The standard InChI is InChI=1S/C12H22N2OS/c1-12(8-13,9-5-6-9)14-11(15)10-4-2-3-7-16-10/h9-10H,2-8,13H2,1H3,(H,14,15). The summed E-state index contributed by atoms with van der Waals surface area (Å²) in [6.07, 6.45) is 5.90. The number of carbonyl (C=O) groups is 1. The van der Waals surface area contributed by atoms with Crippen molar-refractivity contribution in [2.45, 2.75) is 49.8 Å². The van der Waals surface area contributed by atoms with E-state index in [1.807, 2.05) is 0 Å². The van der Waals surface area contributed by atoms with Crippen LogP contribution in [0.2, 0.25) is 0 Å². The van der Waals surface area contributed by atoms with Crippen LogP contribution in [0.3, 0.4) is 0 Å². The first-order valence-electron chi connectivity index (χ1n) is 6.29. The second kappa shape index (κ2) is 4.96. The molecule has 1 aliphatic carbocycles. The Bertz CT molecular complexity index is 262. The quantitative estimate of drug-likeness (QED) is 0.786. The van der Waals surface area contributed by atoms with Gasteiger partial charge in [0, 0.05) is 6.54 Å². The van der Waals surface area contributed by atoms with Crippen molar-refractivity contribution < 1.29 is 4.79 Å². The van der Waals surface area contributed by atoms with Gasteiger partial charge in [0.05, 0.1) is 10.8 Å². The zero-order valence-corrected chi connectivity index (χ0v) is 10.8. The number of nitrogens with one attached hydrogen (secondary N) is 1. The maximum Gasteiger partial charge on any atom is 0.233 e. The maximum absolute atomic E-state index is 12.1.